The summed E-state index contributed by atoms with van der Waals surface area (Å²) in [4.78, 5) is 20.9. The van der Waals surface area contributed by atoms with Crippen molar-refractivity contribution in [3.05, 3.63) is 65.9 Å². The fourth-order valence-corrected chi connectivity index (χ4v) is 3.37. The molecule has 0 saturated heterocycles. The van der Waals surface area contributed by atoms with Gasteiger partial charge >= 0.3 is 0 Å². The molecule has 0 aliphatic rings. The molecule has 1 amide bonds. The maximum absolute atomic E-state index is 12.1. The first-order chi connectivity index (χ1) is 12.3. The lowest BCUT2D eigenvalue weighted by atomic mass is 10.2. The molecule has 7 heteroatoms. The van der Waals surface area contributed by atoms with Gasteiger partial charge in [-0.05, 0) is 12.1 Å². The van der Waals surface area contributed by atoms with Crippen LogP contribution >= 0.6 is 11.3 Å². The van der Waals surface area contributed by atoms with Gasteiger partial charge in [-0.2, -0.15) is 5.10 Å². The summed E-state index contributed by atoms with van der Waals surface area (Å²) in [6.45, 7) is 0.545. The van der Waals surface area contributed by atoms with Crippen molar-refractivity contribution in [2.24, 2.45) is 0 Å². The zero-order valence-corrected chi connectivity index (χ0v) is 14.1. The van der Waals surface area contributed by atoms with E-state index < -0.39 is 0 Å². The van der Waals surface area contributed by atoms with E-state index in [-0.39, 0.29) is 12.5 Å². The Morgan fingerprint density at radius 1 is 1.08 bits per heavy atom. The molecule has 0 unspecified atom stereocenters. The van der Waals surface area contributed by atoms with E-state index in [1.165, 1.54) is 4.68 Å². The predicted molar refractivity (Wildman–Crippen MR) is 96.9 cm³/mol. The fourth-order valence-electron chi connectivity index (χ4n) is 2.46. The number of fused-ring (bicyclic) bond motifs is 1. The molecule has 0 spiro atoms. The number of nitrogens with one attached hydrogen (secondary N) is 1. The average Bonchev–Trinajstić information content (AvgIpc) is 3.27. The van der Waals surface area contributed by atoms with Crippen LogP contribution < -0.4 is 5.32 Å². The van der Waals surface area contributed by atoms with Crippen LogP contribution in [-0.2, 0) is 17.9 Å². The van der Waals surface area contributed by atoms with Gasteiger partial charge in [0.2, 0.25) is 5.91 Å². The third kappa shape index (κ3) is 3.56. The second kappa shape index (κ2) is 6.82. The number of amides is 1. The molecule has 4 rings (SSSR count). The lowest BCUT2D eigenvalue weighted by Crippen LogP contribution is -2.27. The average molecular weight is 349 g/mol. The van der Waals surface area contributed by atoms with Crippen molar-refractivity contribution in [1.29, 1.82) is 0 Å². The first kappa shape index (κ1) is 15.5. The summed E-state index contributed by atoms with van der Waals surface area (Å²) in [5.74, 6) is 0.489. The van der Waals surface area contributed by atoms with Crippen molar-refractivity contribution in [3.63, 3.8) is 0 Å². The standard InChI is InChI=1S/C18H15N5OS/c24-16(19-10-17-21-14-8-4-5-9-15(14)25-17)11-23-12-20-18(22-23)13-6-2-1-3-7-13/h1-9,12H,10-11H2,(H,19,24). The van der Waals surface area contributed by atoms with Gasteiger partial charge < -0.3 is 5.32 Å². The second-order valence-electron chi connectivity index (χ2n) is 5.48. The molecule has 25 heavy (non-hydrogen) atoms. The highest BCUT2D eigenvalue weighted by Gasteiger charge is 2.09. The van der Waals surface area contributed by atoms with E-state index in [0.717, 1.165) is 20.8 Å². The molecule has 0 radical (unpaired) electrons. The zero-order chi connectivity index (χ0) is 17.1. The van der Waals surface area contributed by atoms with Gasteiger partial charge in [-0.25, -0.2) is 14.6 Å². The molecule has 2 aromatic heterocycles. The Balaban J connectivity index is 1.37. The number of para-hydroxylation sites is 1. The maximum atomic E-state index is 12.1. The summed E-state index contributed by atoms with van der Waals surface area (Å²) in [6.07, 6.45) is 1.57. The van der Waals surface area contributed by atoms with E-state index in [1.54, 1.807) is 17.7 Å². The number of benzene rings is 2. The summed E-state index contributed by atoms with van der Waals surface area (Å²) in [7, 11) is 0. The summed E-state index contributed by atoms with van der Waals surface area (Å²) in [5, 5.41) is 8.11. The number of nitrogens with zero attached hydrogens (tertiary/aromatic N) is 4. The summed E-state index contributed by atoms with van der Waals surface area (Å²) >= 11 is 1.59. The van der Waals surface area contributed by atoms with Crippen LogP contribution in [0.2, 0.25) is 0 Å². The Bertz CT molecular complexity index is 975. The molecule has 0 aliphatic heterocycles. The van der Waals surface area contributed by atoms with Gasteiger partial charge in [-0.15, -0.1) is 11.3 Å². The van der Waals surface area contributed by atoms with E-state index in [1.807, 2.05) is 54.6 Å². The molecule has 1 N–H and O–H groups in total. The monoisotopic (exact) mass is 349 g/mol. The molecule has 124 valence electrons. The Labute approximate surface area is 148 Å². The van der Waals surface area contributed by atoms with Crippen molar-refractivity contribution in [2.75, 3.05) is 0 Å². The molecule has 0 fully saturated rings. The van der Waals surface area contributed by atoms with Crippen molar-refractivity contribution >= 4 is 27.5 Å². The van der Waals surface area contributed by atoms with E-state index in [4.69, 9.17) is 0 Å². The third-order valence-electron chi connectivity index (χ3n) is 3.65. The van der Waals surface area contributed by atoms with Crippen LogP contribution in [-0.4, -0.2) is 25.7 Å². The van der Waals surface area contributed by atoms with Crippen LogP contribution in [0.3, 0.4) is 0 Å². The smallest absolute Gasteiger partial charge is 0.242 e. The largest absolute Gasteiger partial charge is 0.348 e. The van der Waals surface area contributed by atoms with Gasteiger partial charge in [0.05, 0.1) is 16.8 Å². The quantitative estimate of drug-likeness (QED) is 0.601. The summed E-state index contributed by atoms with van der Waals surface area (Å²) in [5.41, 5.74) is 1.89. The highest BCUT2D eigenvalue weighted by molar-refractivity contribution is 7.18. The highest BCUT2D eigenvalue weighted by atomic mass is 32.1. The van der Waals surface area contributed by atoms with Crippen molar-refractivity contribution in [2.45, 2.75) is 13.1 Å². The number of hydrogen-bond acceptors (Lipinski definition) is 5. The topological polar surface area (TPSA) is 72.7 Å². The number of carbonyl (C=O) groups is 1. The molecular weight excluding hydrogens is 334 g/mol. The second-order valence-corrected chi connectivity index (χ2v) is 6.60. The minimum Gasteiger partial charge on any atom is -0.348 e. The van der Waals surface area contributed by atoms with Crippen molar-refractivity contribution in [3.8, 4) is 11.4 Å². The number of hydrogen-bond donors (Lipinski definition) is 1. The Morgan fingerprint density at radius 3 is 2.72 bits per heavy atom. The van der Waals surface area contributed by atoms with E-state index in [9.17, 15) is 4.79 Å². The van der Waals surface area contributed by atoms with Crippen LogP contribution in [0.25, 0.3) is 21.6 Å². The zero-order valence-electron chi connectivity index (χ0n) is 13.3. The normalized spacial score (nSPS) is 10.9. The lowest BCUT2D eigenvalue weighted by Gasteiger charge is -2.02. The van der Waals surface area contributed by atoms with E-state index >= 15 is 0 Å². The van der Waals surface area contributed by atoms with Gasteiger partial charge in [-0.1, -0.05) is 42.5 Å². The molecule has 2 heterocycles. The van der Waals surface area contributed by atoms with Gasteiger partial charge in [0.25, 0.3) is 0 Å². The lowest BCUT2D eigenvalue weighted by molar-refractivity contribution is -0.122. The maximum Gasteiger partial charge on any atom is 0.242 e. The molecule has 0 saturated carbocycles. The minimum absolute atomic E-state index is 0.122. The van der Waals surface area contributed by atoms with Crippen LogP contribution in [0, 0.1) is 0 Å². The first-order valence-corrected chi connectivity index (χ1v) is 8.65. The Hall–Kier alpha value is -3.06. The van der Waals surface area contributed by atoms with E-state index in [2.05, 4.69) is 20.4 Å². The van der Waals surface area contributed by atoms with Gasteiger partial charge in [0.15, 0.2) is 5.82 Å². The van der Waals surface area contributed by atoms with Gasteiger partial charge in [0.1, 0.15) is 17.9 Å². The van der Waals surface area contributed by atoms with Gasteiger partial charge in [-0.3, -0.25) is 4.79 Å². The minimum atomic E-state index is -0.122. The first-order valence-electron chi connectivity index (χ1n) is 7.84. The molecule has 2 aromatic carbocycles. The molecule has 4 aromatic rings. The third-order valence-corrected chi connectivity index (χ3v) is 4.69. The Morgan fingerprint density at radius 2 is 1.88 bits per heavy atom. The molecule has 6 nitrogen and oxygen atoms in total. The van der Waals surface area contributed by atoms with Crippen LogP contribution in [0.15, 0.2) is 60.9 Å². The van der Waals surface area contributed by atoms with Crippen molar-refractivity contribution in [1.82, 2.24) is 25.1 Å². The molecule has 0 atom stereocenters. The summed E-state index contributed by atoms with van der Waals surface area (Å²) < 4.78 is 2.66. The van der Waals surface area contributed by atoms with Crippen LogP contribution in [0.1, 0.15) is 5.01 Å². The number of thiazole rings is 1. The molecule has 0 bridgehead atoms. The van der Waals surface area contributed by atoms with E-state index in [0.29, 0.717) is 12.4 Å². The number of aromatic nitrogens is 4. The molecule has 0 aliphatic carbocycles. The fraction of sp³-hybridized carbons (Fsp3) is 0.111. The van der Waals surface area contributed by atoms with Crippen molar-refractivity contribution < 1.29 is 4.79 Å². The van der Waals surface area contributed by atoms with Crippen LogP contribution in [0.5, 0.6) is 0 Å². The Kier molecular flexibility index (Phi) is 4.22. The number of rotatable bonds is 5. The SMILES string of the molecule is O=C(Cn1cnc(-c2ccccc2)n1)NCc1nc2ccccc2s1. The van der Waals surface area contributed by atoms with Crippen LogP contribution in [0.4, 0.5) is 0 Å². The van der Waals surface area contributed by atoms with Gasteiger partial charge in [0, 0.05) is 5.56 Å². The number of carbonyl (C=O) groups excluding carboxylic acids is 1. The summed E-state index contributed by atoms with van der Waals surface area (Å²) in [6, 6.07) is 17.6. The molecular formula is C18H15N5OS. The highest BCUT2D eigenvalue weighted by Crippen LogP contribution is 2.21. The predicted octanol–water partition coefficient (Wildman–Crippen LogP) is 2.87.